The van der Waals surface area contributed by atoms with Gasteiger partial charge in [-0.15, -0.1) is 0 Å². The van der Waals surface area contributed by atoms with Crippen LogP contribution in [-0.2, 0) is 57.6 Å². The van der Waals surface area contributed by atoms with Gasteiger partial charge in [0.2, 0.25) is 47.3 Å². The zero-order chi connectivity index (χ0) is 69.4. The molecule has 0 saturated carbocycles. The number of carbonyl (C=O) groups is 8. The number of fused-ring (bicyclic) bond motifs is 3. The summed E-state index contributed by atoms with van der Waals surface area (Å²) in [6, 6.07) is 12.9. The third-order valence-corrected chi connectivity index (χ3v) is 16.6. The van der Waals surface area contributed by atoms with Gasteiger partial charge in [-0.05, 0) is 99.1 Å². The highest BCUT2D eigenvalue weighted by Crippen LogP contribution is 2.23. The van der Waals surface area contributed by atoms with Crippen molar-refractivity contribution in [3.63, 3.8) is 0 Å². The second-order valence-electron chi connectivity index (χ2n) is 24.1. The molecule has 96 heavy (non-hydrogen) atoms. The normalized spacial score (nSPS) is 13.4. The zero-order valence-corrected chi connectivity index (χ0v) is 54.9. The maximum absolute atomic E-state index is 15.3. The molecular weight excluding hydrogens is 1230 g/mol. The Labute approximate surface area is 558 Å². The monoisotopic (exact) mass is 1330 g/mol. The summed E-state index contributed by atoms with van der Waals surface area (Å²) in [6.07, 6.45) is 14.6. The Bertz CT molecular complexity index is 3600. The van der Waals surface area contributed by atoms with E-state index >= 15 is 14.4 Å². The van der Waals surface area contributed by atoms with Crippen molar-refractivity contribution in [2.45, 2.75) is 178 Å². The second kappa shape index (κ2) is 39.5. The van der Waals surface area contributed by atoms with E-state index in [0.717, 1.165) is 58.4 Å². The van der Waals surface area contributed by atoms with Crippen LogP contribution in [0.4, 0.5) is 0 Å². The summed E-state index contributed by atoms with van der Waals surface area (Å²) in [5, 5.41) is 22.2. The highest BCUT2D eigenvalue weighted by atomic mass is 16.2. The molecule has 3 aromatic carbocycles. The molecule has 3 aromatic heterocycles. The van der Waals surface area contributed by atoms with E-state index in [9.17, 15) is 24.0 Å². The molecule has 6 aromatic rings. The highest BCUT2D eigenvalue weighted by molar-refractivity contribution is 5.99. The van der Waals surface area contributed by atoms with Gasteiger partial charge in [-0.3, -0.25) is 53.3 Å². The van der Waals surface area contributed by atoms with E-state index in [4.69, 9.17) is 45.9 Å². The molecule has 0 aliphatic carbocycles. The van der Waals surface area contributed by atoms with Crippen LogP contribution in [0.15, 0.2) is 106 Å². The van der Waals surface area contributed by atoms with Crippen LogP contribution in [0.5, 0.6) is 0 Å². The summed E-state index contributed by atoms with van der Waals surface area (Å²) in [5.74, 6) is -6.02. The van der Waals surface area contributed by atoms with Gasteiger partial charge in [0.05, 0.1) is 6.04 Å². The molecule has 29 nitrogen and oxygen atoms in total. The average Bonchev–Trinajstić information content (AvgIpc) is 1.65. The number of aromatic amines is 3. The molecule has 26 N–H and O–H groups in total. The molecule has 29 heteroatoms. The first-order chi connectivity index (χ1) is 46.2. The minimum Gasteiger partial charge on any atom is -0.370 e. The van der Waals surface area contributed by atoms with Crippen LogP contribution in [0.25, 0.3) is 32.7 Å². The van der Waals surface area contributed by atoms with E-state index in [2.05, 4.69) is 74.1 Å². The fraction of sp³-hybridized carbons (Fsp3) is 0.478. The standard InChI is InChI=1S/C67H99N21O8/c1-2-3-4-5-6-7-8-30-57(89)76-31-16-15-27-51(58(69)90)83-62(94)55(36-42-39-81-49-25-13-10-21-45(42)49)87-60(92)53(29-19-34-79-67(74)75)85-64(96)56(37-43-40-82-50-26-14-11-22-46(43)50)88-61(93)52(28-18-33-78-66(72)73)84-63(95)54(35-41-38-80-48-24-12-9-20-44(41)48)86-59(91)47(68)23-17-32-77-65(70)71/h9-14,20-22,24-26,38-40,47,51-56,80-82H,2-8,15-19,23,27-37,68H2,1H3,(H2,69,90)(H,76,89)(H,83,94)(H,84,95)(H,85,96)(H,86,91)(H,87,92)(H,88,93)(H4,70,71,77)(H4,72,73,78)(H4,74,75,79)/t47-,51+,52-,53+,54+,55-,56+/m1/s1. The van der Waals surface area contributed by atoms with Gasteiger partial charge in [-0.2, -0.15) is 0 Å². The van der Waals surface area contributed by atoms with Crippen LogP contribution >= 0.6 is 0 Å². The lowest BCUT2D eigenvalue weighted by Gasteiger charge is -2.28. The predicted molar refractivity (Wildman–Crippen MR) is 374 cm³/mol. The number of hydrogen-bond donors (Lipinski definition) is 18. The number of aliphatic imine (C=N–C) groups is 3. The van der Waals surface area contributed by atoms with Crippen molar-refractivity contribution in [2.75, 3.05) is 26.2 Å². The first-order valence-electron chi connectivity index (χ1n) is 33.2. The fourth-order valence-electron chi connectivity index (χ4n) is 11.3. The van der Waals surface area contributed by atoms with Crippen LogP contribution in [0.1, 0.15) is 133 Å². The molecule has 0 aliphatic rings. The first-order valence-corrected chi connectivity index (χ1v) is 33.2. The van der Waals surface area contributed by atoms with E-state index in [1.807, 2.05) is 72.8 Å². The molecule has 0 fully saturated rings. The highest BCUT2D eigenvalue weighted by Gasteiger charge is 2.35. The molecule has 7 atom stereocenters. The summed E-state index contributed by atoms with van der Waals surface area (Å²) in [4.78, 5) is 136. The Balaban J connectivity index is 1.27. The van der Waals surface area contributed by atoms with Gasteiger partial charge in [-0.25, -0.2) is 0 Å². The molecule has 0 saturated heterocycles. The number of aromatic nitrogens is 3. The van der Waals surface area contributed by atoms with Crippen LogP contribution in [0, 0.1) is 0 Å². The van der Waals surface area contributed by atoms with Crippen molar-refractivity contribution in [3.05, 3.63) is 108 Å². The molecular formula is C67H99N21O8. The van der Waals surface area contributed by atoms with Crippen molar-refractivity contribution in [2.24, 2.45) is 60.8 Å². The van der Waals surface area contributed by atoms with Gasteiger partial charge in [0.15, 0.2) is 17.9 Å². The number of para-hydroxylation sites is 3. The van der Waals surface area contributed by atoms with E-state index in [-0.39, 0.29) is 101 Å². The van der Waals surface area contributed by atoms with Crippen molar-refractivity contribution in [3.8, 4) is 0 Å². The molecule has 0 aliphatic heterocycles. The van der Waals surface area contributed by atoms with E-state index in [1.165, 1.54) is 19.3 Å². The number of guanidine groups is 3. The zero-order valence-electron chi connectivity index (χ0n) is 54.9. The Hall–Kier alpha value is -10.2. The van der Waals surface area contributed by atoms with Gasteiger partial charge in [0.25, 0.3) is 0 Å². The number of primary amides is 1. The SMILES string of the molecule is CCCCCCCCCC(=O)NCCCC[C@H](NC(=O)[C@@H](Cc1c[nH]c2ccccc12)NC(=O)[C@H](CCCN=C(N)N)NC(=O)[C@H](Cc1c[nH]c2ccccc12)NC(=O)[C@@H](CCCN=C(N)N)NC(=O)[C@H](Cc1c[nH]c2ccccc12)NC(=O)[C@H](N)CCCN=C(N)N)C(N)=O. The average molecular weight is 1330 g/mol. The van der Waals surface area contributed by atoms with Gasteiger partial charge in [-0.1, -0.05) is 100 Å². The van der Waals surface area contributed by atoms with E-state index < -0.39 is 83.6 Å². The van der Waals surface area contributed by atoms with Crippen molar-refractivity contribution in [1.29, 1.82) is 0 Å². The summed E-state index contributed by atoms with van der Waals surface area (Å²) < 4.78 is 0. The lowest BCUT2D eigenvalue weighted by Crippen LogP contribution is -2.60. The lowest BCUT2D eigenvalue weighted by molar-refractivity contribution is -0.135. The number of hydrogen-bond acceptors (Lipinski definition) is 12. The Kier molecular flexibility index (Phi) is 30.8. The van der Waals surface area contributed by atoms with Crippen LogP contribution in [0.2, 0.25) is 0 Å². The van der Waals surface area contributed by atoms with Gasteiger partial charge in [0, 0.05) is 103 Å². The number of nitrogens with zero attached hydrogens (tertiary/aromatic N) is 3. The second-order valence-corrected chi connectivity index (χ2v) is 24.1. The number of benzene rings is 3. The summed E-state index contributed by atoms with van der Waals surface area (Å²) in [5.41, 5.74) is 50.1. The van der Waals surface area contributed by atoms with Crippen molar-refractivity contribution in [1.82, 2.24) is 52.2 Å². The molecule has 0 unspecified atom stereocenters. The molecule has 3 heterocycles. The van der Waals surface area contributed by atoms with E-state index in [0.29, 0.717) is 48.9 Å². The third kappa shape index (κ3) is 24.9. The quantitative estimate of drug-likeness (QED) is 0.0146. The maximum Gasteiger partial charge on any atom is 0.243 e. The van der Waals surface area contributed by atoms with Crippen LogP contribution in [-0.4, -0.2) is 149 Å². The smallest absolute Gasteiger partial charge is 0.243 e. The largest absolute Gasteiger partial charge is 0.370 e. The van der Waals surface area contributed by atoms with Crippen LogP contribution in [0.3, 0.4) is 0 Å². The molecule has 0 spiro atoms. The summed E-state index contributed by atoms with van der Waals surface area (Å²) in [6.45, 7) is 2.83. The summed E-state index contributed by atoms with van der Waals surface area (Å²) in [7, 11) is 0. The van der Waals surface area contributed by atoms with Crippen LogP contribution < -0.4 is 83.1 Å². The number of H-pyrrole nitrogens is 3. The number of rotatable bonds is 44. The molecule has 6 rings (SSSR count). The number of nitrogens with one attached hydrogen (secondary N) is 10. The number of carbonyl (C=O) groups excluding carboxylic acids is 8. The fourth-order valence-corrected chi connectivity index (χ4v) is 11.3. The predicted octanol–water partition coefficient (Wildman–Crippen LogP) is 1.47. The number of nitrogens with two attached hydrogens (primary N) is 8. The minimum absolute atomic E-state index is 0.0360. The Morgan fingerprint density at radius 2 is 0.740 bits per heavy atom. The Morgan fingerprint density at radius 1 is 0.396 bits per heavy atom. The van der Waals surface area contributed by atoms with Gasteiger partial charge < -0.3 is 98.0 Å². The first kappa shape index (κ1) is 74.8. The topological polar surface area (TPSA) is 513 Å². The molecule has 0 bridgehead atoms. The summed E-state index contributed by atoms with van der Waals surface area (Å²) >= 11 is 0. The lowest BCUT2D eigenvalue weighted by atomic mass is 10.0. The number of amides is 8. The maximum atomic E-state index is 15.3. The minimum atomic E-state index is -1.46. The van der Waals surface area contributed by atoms with Crippen molar-refractivity contribution < 1.29 is 38.4 Å². The van der Waals surface area contributed by atoms with Crippen molar-refractivity contribution >= 4 is 97.8 Å². The number of unbranched alkanes of at least 4 members (excludes halogenated alkanes) is 7. The molecule has 8 amide bonds. The molecule has 520 valence electrons. The Morgan fingerprint density at radius 3 is 1.15 bits per heavy atom. The third-order valence-electron chi connectivity index (χ3n) is 16.6. The van der Waals surface area contributed by atoms with Gasteiger partial charge in [0.1, 0.15) is 36.3 Å². The van der Waals surface area contributed by atoms with E-state index in [1.54, 1.807) is 18.6 Å². The van der Waals surface area contributed by atoms with Gasteiger partial charge >= 0.3 is 0 Å². The molecule has 0 radical (unpaired) electrons.